The SMILES string of the molecule is CC(=O)Nc1sc2c(c1C(=O)OCC(=O)Nc1c(C)cccc1C(C)C)CCCC2. The number of benzene rings is 1. The van der Waals surface area contributed by atoms with Gasteiger partial charge >= 0.3 is 5.97 Å². The van der Waals surface area contributed by atoms with Crippen LogP contribution in [-0.4, -0.2) is 24.4 Å². The summed E-state index contributed by atoms with van der Waals surface area (Å²) in [5, 5.41) is 6.15. The Hall–Kier alpha value is -2.67. The summed E-state index contributed by atoms with van der Waals surface area (Å²) >= 11 is 1.43. The minimum Gasteiger partial charge on any atom is -0.452 e. The van der Waals surface area contributed by atoms with E-state index in [1.165, 1.54) is 18.3 Å². The monoisotopic (exact) mass is 428 g/mol. The highest BCUT2D eigenvalue weighted by Gasteiger charge is 2.27. The van der Waals surface area contributed by atoms with Gasteiger partial charge in [0.15, 0.2) is 6.61 Å². The Bertz CT molecular complexity index is 978. The Kier molecular flexibility index (Phi) is 6.92. The van der Waals surface area contributed by atoms with Gasteiger partial charge in [-0.05, 0) is 55.2 Å². The van der Waals surface area contributed by atoms with Crippen LogP contribution in [0.3, 0.4) is 0 Å². The molecule has 2 aromatic rings. The fourth-order valence-electron chi connectivity index (χ4n) is 3.75. The molecule has 1 aromatic heterocycles. The normalized spacial score (nSPS) is 13.0. The second kappa shape index (κ2) is 9.43. The van der Waals surface area contributed by atoms with E-state index in [4.69, 9.17) is 4.74 Å². The zero-order valence-corrected chi connectivity index (χ0v) is 18.7. The average molecular weight is 429 g/mol. The molecule has 0 radical (unpaired) electrons. The van der Waals surface area contributed by atoms with Crippen LogP contribution >= 0.6 is 11.3 Å². The Morgan fingerprint density at radius 3 is 2.57 bits per heavy atom. The number of hydrogen-bond acceptors (Lipinski definition) is 5. The summed E-state index contributed by atoms with van der Waals surface area (Å²) in [7, 11) is 0. The number of hydrogen-bond donors (Lipinski definition) is 2. The van der Waals surface area contributed by atoms with Crippen LogP contribution in [-0.2, 0) is 27.2 Å². The van der Waals surface area contributed by atoms with E-state index < -0.39 is 5.97 Å². The Morgan fingerprint density at radius 1 is 1.13 bits per heavy atom. The molecule has 6 nitrogen and oxygen atoms in total. The minimum absolute atomic E-state index is 0.235. The van der Waals surface area contributed by atoms with Gasteiger partial charge in [-0.3, -0.25) is 9.59 Å². The largest absolute Gasteiger partial charge is 0.452 e. The number of anilines is 2. The molecular formula is C23H28N2O4S. The second-order valence-corrected chi connectivity index (χ2v) is 9.02. The maximum Gasteiger partial charge on any atom is 0.341 e. The molecule has 7 heteroatoms. The van der Waals surface area contributed by atoms with Crippen LogP contribution in [0.1, 0.15) is 71.5 Å². The van der Waals surface area contributed by atoms with Crippen LogP contribution in [0, 0.1) is 6.92 Å². The summed E-state index contributed by atoms with van der Waals surface area (Å²) in [6, 6.07) is 5.88. The van der Waals surface area contributed by atoms with E-state index in [2.05, 4.69) is 24.5 Å². The van der Waals surface area contributed by atoms with E-state index in [0.29, 0.717) is 10.6 Å². The molecule has 0 saturated heterocycles. The first-order valence-corrected chi connectivity index (χ1v) is 11.1. The Morgan fingerprint density at radius 2 is 1.87 bits per heavy atom. The molecule has 2 N–H and O–H groups in total. The molecule has 1 aromatic carbocycles. The van der Waals surface area contributed by atoms with Crippen molar-refractivity contribution in [2.75, 3.05) is 17.2 Å². The minimum atomic E-state index is -0.567. The molecule has 0 spiro atoms. The van der Waals surface area contributed by atoms with Gasteiger partial charge in [0, 0.05) is 17.5 Å². The van der Waals surface area contributed by atoms with Crippen LogP contribution in [0.2, 0.25) is 0 Å². The number of carbonyl (C=O) groups excluding carboxylic acids is 3. The predicted molar refractivity (Wildman–Crippen MR) is 119 cm³/mol. The van der Waals surface area contributed by atoms with Crippen molar-refractivity contribution in [1.29, 1.82) is 0 Å². The highest BCUT2D eigenvalue weighted by molar-refractivity contribution is 7.17. The predicted octanol–water partition coefficient (Wildman–Crippen LogP) is 4.81. The Balaban J connectivity index is 1.73. The number of nitrogens with one attached hydrogen (secondary N) is 2. The smallest absolute Gasteiger partial charge is 0.341 e. The number of esters is 1. The molecular weight excluding hydrogens is 400 g/mol. The number of ether oxygens (including phenoxy) is 1. The lowest BCUT2D eigenvalue weighted by Gasteiger charge is -2.16. The molecule has 3 rings (SSSR count). The summed E-state index contributed by atoms with van der Waals surface area (Å²) in [4.78, 5) is 38.0. The van der Waals surface area contributed by atoms with Crippen molar-refractivity contribution in [3.05, 3.63) is 45.3 Å². The van der Waals surface area contributed by atoms with Gasteiger partial charge in [0.25, 0.3) is 5.91 Å². The van der Waals surface area contributed by atoms with Gasteiger partial charge in [-0.25, -0.2) is 4.79 Å². The maximum absolute atomic E-state index is 12.8. The van der Waals surface area contributed by atoms with E-state index in [-0.39, 0.29) is 24.3 Å². The third-order valence-electron chi connectivity index (χ3n) is 5.19. The van der Waals surface area contributed by atoms with E-state index in [0.717, 1.165) is 52.9 Å². The molecule has 0 aliphatic heterocycles. The lowest BCUT2D eigenvalue weighted by atomic mass is 9.95. The molecule has 0 fully saturated rings. The number of para-hydroxylation sites is 1. The number of aryl methyl sites for hydroxylation is 2. The molecule has 2 amide bonds. The van der Waals surface area contributed by atoms with Gasteiger partial charge in [-0.2, -0.15) is 0 Å². The molecule has 30 heavy (non-hydrogen) atoms. The van der Waals surface area contributed by atoms with Crippen molar-refractivity contribution in [2.45, 2.75) is 59.3 Å². The molecule has 1 heterocycles. The maximum atomic E-state index is 12.8. The van der Waals surface area contributed by atoms with Gasteiger partial charge in [-0.15, -0.1) is 11.3 Å². The van der Waals surface area contributed by atoms with Gasteiger partial charge in [-0.1, -0.05) is 32.0 Å². The summed E-state index contributed by atoms with van der Waals surface area (Å²) in [5.41, 5.74) is 4.11. The van der Waals surface area contributed by atoms with Crippen molar-refractivity contribution >= 4 is 39.8 Å². The standard InChI is InChI=1S/C23H28N2O4S/c1-13(2)16-10-7-8-14(3)21(16)25-19(27)12-29-23(28)20-17-9-5-6-11-18(17)30-22(20)24-15(4)26/h7-8,10,13H,5-6,9,11-12H2,1-4H3,(H,24,26)(H,25,27). The molecule has 0 atom stereocenters. The van der Waals surface area contributed by atoms with Crippen LogP contribution in [0.5, 0.6) is 0 Å². The molecule has 1 aliphatic carbocycles. The van der Waals surface area contributed by atoms with Crippen LogP contribution in [0.4, 0.5) is 10.7 Å². The van der Waals surface area contributed by atoms with Gasteiger partial charge in [0.05, 0.1) is 5.56 Å². The fourth-order valence-corrected chi connectivity index (χ4v) is 5.07. The van der Waals surface area contributed by atoms with E-state index in [1.54, 1.807) is 0 Å². The quantitative estimate of drug-likeness (QED) is 0.647. The third-order valence-corrected chi connectivity index (χ3v) is 6.40. The van der Waals surface area contributed by atoms with E-state index in [9.17, 15) is 14.4 Å². The van der Waals surface area contributed by atoms with Crippen LogP contribution in [0.15, 0.2) is 18.2 Å². The highest BCUT2D eigenvalue weighted by Crippen LogP contribution is 2.38. The summed E-state index contributed by atoms with van der Waals surface area (Å²) in [6.45, 7) is 7.09. The summed E-state index contributed by atoms with van der Waals surface area (Å²) < 4.78 is 5.35. The first-order valence-electron chi connectivity index (χ1n) is 10.3. The molecule has 0 saturated carbocycles. The van der Waals surface area contributed by atoms with Crippen molar-refractivity contribution in [1.82, 2.24) is 0 Å². The van der Waals surface area contributed by atoms with Crippen LogP contribution in [0.25, 0.3) is 0 Å². The first kappa shape index (κ1) is 22.0. The fraction of sp³-hybridized carbons (Fsp3) is 0.435. The molecule has 1 aliphatic rings. The summed E-state index contributed by atoms with van der Waals surface area (Å²) in [6.07, 6.45) is 3.74. The van der Waals surface area contributed by atoms with E-state index >= 15 is 0 Å². The zero-order chi connectivity index (χ0) is 21.8. The number of fused-ring (bicyclic) bond motifs is 1. The van der Waals surface area contributed by atoms with Gasteiger partial charge in [0.2, 0.25) is 5.91 Å². The second-order valence-electron chi connectivity index (χ2n) is 7.91. The Labute approximate surface area is 181 Å². The number of carbonyl (C=O) groups is 3. The molecule has 0 unspecified atom stereocenters. The van der Waals surface area contributed by atoms with Crippen molar-refractivity contribution in [2.24, 2.45) is 0 Å². The lowest BCUT2D eigenvalue weighted by molar-refractivity contribution is -0.119. The van der Waals surface area contributed by atoms with Gasteiger partial charge < -0.3 is 15.4 Å². The topological polar surface area (TPSA) is 84.5 Å². The molecule has 160 valence electrons. The molecule has 0 bridgehead atoms. The van der Waals surface area contributed by atoms with Gasteiger partial charge in [0.1, 0.15) is 5.00 Å². The third kappa shape index (κ3) is 4.90. The van der Waals surface area contributed by atoms with Crippen molar-refractivity contribution in [3.63, 3.8) is 0 Å². The number of amides is 2. The average Bonchev–Trinajstić information content (AvgIpc) is 3.04. The van der Waals surface area contributed by atoms with Crippen molar-refractivity contribution in [3.8, 4) is 0 Å². The van der Waals surface area contributed by atoms with Crippen LogP contribution < -0.4 is 10.6 Å². The highest BCUT2D eigenvalue weighted by atomic mass is 32.1. The first-order chi connectivity index (χ1) is 14.3. The number of thiophene rings is 1. The van der Waals surface area contributed by atoms with Crippen molar-refractivity contribution < 1.29 is 19.1 Å². The van der Waals surface area contributed by atoms with E-state index in [1.807, 2.05) is 25.1 Å². The summed E-state index contributed by atoms with van der Waals surface area (Å²) in [5.74, 6) is -0.937. The number of rotatable bonds is 6. The lowest BCUT2D eigenvalue weighted by Crippen LogP contribution is -2.23. The zero-order valence-electron chi connectivity index (χ0n) is 17.9.